The number of para-hydroxylation sites is 1. The molecule has 1 fully saturated rings. The van der Waals surface area contributed by atoms with E-state index in [1.807, 2.05) is 53.4 Å². The van der Waals surface area contributed by atoms with E-state index in [0.29, 0.717) is 25.9 Å². The van der Waals surface area contributed by atoms with Gasteiger partial charge in [-0.2, -0.15) is 4.31 Å². The summed E-state index contributed by atoms with van der Waals surface area (Å²) in [6.45, 7) is 1.51. The maximum atomic E-state index is 13.1. The Morgan fingerprint density at radius 2 is 1.62 bits per heavy atom. The average Bonchev–Trinajstić information content (AvgIpc) is 2.78. The van der Waals surface area contributed by atoms with Crippen LogP contribution in [-0.4, -0.2) is 38.3 Å². The fraction of sp³-hybridized carbons (Fsp3) is 0.348. The third-order valence-corrected chi connectivity index (χ3v) is 7.34. The molecule has 2 aliphatic heterocycles. The van der Waals surface area contributed by atoms with Crippen LogP contribution in [0.25, 0.3) is 6.08 Å². The number of piperidine rings is 1. The molecule has 0 bridgehead atoms. The summed E-state index contributed by atoms with van der Waals surface area (Å²) in [5.74, 6) is 0.0136. The smallest absolute Gasteiger partial charge is 0.236 e. The Hall–Kier alpha value is -2.44. The van der Waals surface area contributed by atoms with Crippen molar-refractivity contribution in [1.82, 2.24) is 4.31 Å². The van der Waals surface area contributed by atoms with E-state index < -0.39 is 10.0 Å². The minimum absolute atomic E-state index is 0.120. The molecule has 4 rings (SSSR count). The number of benzene rings is 2. The van der Waals surface area contributed by atoms with E-state index in [4.69, 9.17) is 0 Å². The van der Waals surface area contributed by atoms with Gasteiger partial charge in [-0.3, -0.25) is 4.79 Å². The summed E-state index contributed by atoms with van der Waals surface area (Å²) in [6.07, 6.45) is 4.73. The first-order valence-electron chi connectivity index (χ1n) is 10.2. The topological polar surface area (TPSA) is 57.7 Å². The number of carbonyl (C=O) groups excluding carboxylic acids is 1. The van der Waals surface area contributed by atoms with E-state index in [9.17, 15) is 13.2 Å². The Labute approximate surface area is 172 Å². The summed E-state index contributed by atoms with van der Waals surface area (Å²) in [6, 6.07) is 17.5. The van der Waals surface area contributed by atoms with E-state index in [0.717, 1.165) is 30.6 Å². The van der Waals surface area contributed by atoms with E-state index >= 15 is 0 Å². The van der Waals surface area contributed by atoms with Crippen LogP contribution >= 0.6 is 0 Å². The second-order valence-corrected chi connectivity index (χ2v) is 9.47. The van der Waals surface area contributed by atoms with E-state index in [1.165, 1.54) is 15.3 Å². The minimum atomic E-state index is -3.48. The molecule has 1 amide bonds. The second-order valence-electron chi connectivity index (χ2n) is 7.65. The van der Waals surface area contributed by atoms with Gasteiger partial charge < -0.3 is 4.90 Å². The van der Waals surface area contributed by atoms with Gasteiger partial charge in [0.05, 0.1) is 0 Å². The van der Waals surface area contributed by atoms with Crippen LogP contribution in [0.1, 0.15) is 30.4 Å². The summed E-state index contributed by atoms with van der Waals surface area (Å²) >= 11 is 0. The average molecular weight is 411 g/mol. The molecule has 0 atom stereocenters. The van der Waals surface area contributed by atoms with Crippen molar-refractivity contribution < 1.29 is 13.2 Å². The highest BCUT2D eigenvalue weighted by Gasteiger charge is 2.33. The fourth-order valence-electron chi connectivity index (χ4n) is 4.15. The van der Waals surface area contributed by atoms with Gasteiger partial charge in [0.2, 0.25) is 15.9 Å². The maximum absolute atomic E-state index is 13.1. The Kier molecular flexibility index (Phi) is 5.83. The third-order valence-electron chi connectivity index (χ3n) is 5.77. The van der Waals surface area contributed by atoms with Crippen LogP contribution in [0.2, 0.25) is 0 Å². The van der Waals surface area contributed by atoms with Crippen molar-refractivity contribution in [2.24, 2.45) is 5.92 Å². The number of hydrogen-bond acceptors (Lipinski definition) is 3. The van der Waals surface area contributed by atoms with Crippen LogP contribution in [0.3, 0.4) is 0 Å². The van der Waals surface area contributed by atoms with E-state index in [-0.39, 0.29) is 11.8 Å². The van der Waals surface area contributed by atoms with Gasteiger partial charge in [0.25, 0.3) is 0 Å². The van der Waals surface area contributed by atoms with Crippen molar-refractivity contribution in [2.45, 2.75) is 25.7 Å². The number of rotatable bonds is 4. The lowest BCUT2D eigenvalue weighted by atomic mass is 9.94. The fourth-order valence-corrected chi connectivity index (χ4v) is 5.38. The molecule has 0 spiro atoms. The SMILES string of the molecule is O=C(C1CCN(S(=O)(=O)C=Cc2ccccc2)CC1)N1CCCc2ccccc21. The van der Waals surface area contributed by atoms with Gasteiger partial charge in [-0.25, -0.2) is 8.42 Å². The summed E-state index contributed by atoms with van der Waals surface area (Å²) < 4.78 is 26.8. The summed E-state index contributed by atoms with van der Waals surface area (Å²) in [5, 5.41) is 1.27. The first-order chi connectivity index (χ1) is 14.0. The Morgan fingerprint density at radius 3 is 2.38 bits per heavy atom. The van der Waals surface area contributed by atoms with Crippen LogP contribution < -0.4 is 4.90 Å². The molecule has 2 heterocycles. The van der Waals surface area contributed by atoms with Crippen LogP contribution in [0.5, 0.6) is 0 Å². The number of carbonyl (C=O) groups is 1. The van der Waals surface area contributed by atoms with Crippen molar-refractivity contribution in [1.29, 1.82) is 0 Å². The zero-order chi connectivity index (χ0) is 20.3. The predicted octanol–water partition coefficient (Wildman–Crippen LogP) is 3.68. The molecular formula is C23H26N2O3S. The summed E-state index contributed by atoms with van der Waals surface area (Å²) in [4.78, 5) is 15.0. The number of sulfonamides is 1. The van der Waals surface area contributed by atoms with Crippen molar-refractivity contribution in [3.8, 4) is 0 Å². The molecule has 0 N–H and O–H groups in total. The molecule has 1 saturated heterocycles. The molecule has 29 heavy (non-hydrogen) atoms. The largest absolute Gasteiger partial charge is 0.312 e. The van der Waals surface area contributed by atoms with Gasteiger partial charge in [-0.05, 0) is 49.0 Å². The van der Waals surface area contributed by atoms with Gasteiger partial charge in [0, 0.05) is 36.6 Å². The van der Waals surface area contributed by atoms with Crippen LogP contribution in [0, 0.1) is 5.92 Å². The molecule has 0 unspecified atom stereocenters. The lowest BCUT2D eigenvalue weighted by Gasteiger charge is -2.35. The van der Waals surface area contributed by atoms with Crippen molar-refractivity contribution >= 4 is 27.7 Å². The Balaban J connectivity index is 1.39. The maximum Gasteiger partial charge on any atom is 0.236 e. The standard InChI is InChI=1S/C23H26N2O3S/c26-23(25-15-6-10-20-9-4-5-11-22(20)25)21-12-16-24(17-13-21)29(27,28)18-14-19-7-2-1-3-8-19/h1-5,7-9,11,14,18,21H,6,10,12-13,15-17H2. The number of fused-ring (bicyclic) bond motifs is 1. The van der Waals surface area contributed by atoms with E-state index in [1.54, 1.807) is 6.08 Å². The number of hydrogen-bond donors (Lipinski definition) is 0. The third kappa shape index (κ3) is 4.43. The van der Waals surface area contributed by atoms with Gasteiger partial charge in [-0.1, -0.05) is 48.5 Å². The normalized spacial score (nSPS) is 18.7. The highest BCUT2D eigenvalue weighted by atomic mass is 32.2. The number of aryl methyl sites for hydroxylation is 1. The lowest BCUT2D eigenvalue weighted by molar-refractivity contribution is -0.123. The molecule has 2 aromatic rings. The molecule has 2 aromatic carbocycles. The minimum Gasteiger partial charge on any atom is -0.312 e. The van der Waals surface area contributed by atoms with Gasteiger partial charge in [0.15, 0.2) is 0 Å². The number of nitrogens with zero attached hydrogens (tertiary/aromatic N) is 2. The van der Waals surface area contributed by atoms with Gasteiger partial charge >= 0.3 is 0 Å². The Morgan fingerprint density at radius 1 is 0.931 bits per heavy atom. The molecule has 0 aliphatic carbocycles. The number of anilines is 1. The van der Waals surface area contributed by atoms with Gasteiger partial charge in [-0.15, -0.1) is 0 Å². The van der Waals surface area contributed by atoms with E-state index in [2.05, 4.69) is 6.07 Å². The summed E-state index contributed by atoms with van der Waals surface area (Å²) in [5.41, 5.74) is 3.09. The molecule has 5 nitrogen and oxygen atoms in total. The van der Waals surface area contributed by atoms with Gasteiger partial charge in [0.1, 0.15) is 0 Å². The molecule has 6 heteroatoms. The zero-order valence-electron chi connectivity index (χ0n) is 16.4. The molecule has 2 aliphatic rings. The van der Waals surface area contributed by atoms with Crippen LogP contribution in [0.4, 0.5) is 5.69 Å². The highest BCUT2D eigenvalue weighted by Crippen LogP contribution is 2.30. The number of amides is 1. The molecule has 0 aromatic heterocycles. The second kappa shape index (κ2) is 8.51. The highest BCUT2D eigenvalue weighted by molar-refractivity contribution is 7.92. The molecule has 0 saturated carbocycles. The monoisotopic (exact) mass is 410 g/mol. The first kappa shape index (κ1) is 19.9. The Bertz CT molecular complexity index is 994. The molecule has 0 radical (unpaired) electrons. The predicted molar refractivity (Wildman–Crippen MR) is 116 cm³/mol. The first-order valence-corrected chi connectivity index (χ1v) is 11.7. The lowest BCUT2D eigenvalue weighted by Crippen LogP contribution is -2.45. The van der Waals surface area contributed by atoms with Crippen molar-refractivity contribution in [3.05, 3.63) is 71.1 Å². The molecular weight excluding hydrogens is 384 g/mol. The van der Waals surface area contributed by atoms with Crippen molar-refractivity contribution in [2.75, 3.05) is 24.5 Å². The quantitative estimate of drug-likeness (QED) is 0.773. The van der Waals surface area contributed by atoms with Crippen molar-refractivity contribution in [3.63, 3.8) is 0 Å². The van der Waals surface area contributed by atoms with Crippen LogP contribution in [0.15, 0.2) is 60.0 Å². The molecule has 152 valence electrons. The zero-order valence-corrected chi connectivity index (χ0v) is 17.2. The van der Waals surface area contributed by atoms with Crippen LogP contribution in [-0.2, 0) is 21.2 Å². The summed E-state index contributed by atoms with van der Waals surface area (Å²) in [7, 11) is -3.48.